The zero-order valence-corrected chi connectivity index (χ0v) is 6.55. The predicted molar refractivity (Wildman–Crippen MR) is 37.1 cm³/mol. The van der Waals surface area contributed by atoms with Gasteiger partial charge in [0.25, 0.3) is 6.43 Å². The van der Waals surface area contributed by atoms with Gasteiger partial charge in [-0.3, -0.25) is 0 Å². The standard InChI is InChI=1S/C6H11F2NO3/c1-6(12,5(10)11)3-9-2-4(7)8/h4,9,12H,2-3H2,1H3,(H,10,11). The number of aliphatic carboxylic acids is 1. The van der Waals surface area contributed by atoms with E-state index in [0.29, 0.717) is 0 Å². The number of carboxylic acid groups (broad SMARTS) is 1. The van der Waals surface area contributed by atoms with E-state index in [2.05, 4.69) is 5.32 Å². The second-order valence-electron chi connectivity index (χ2n) is 2.60. The number of halogens is 2. The van der Waals surface area contributed by atoms with Crippen LogP contribution in [0.1, 0.15) is 6.92 Å². The molecule has 0 aliphatic carbocycles. The fourth-order valence-electron chi connectivity index (χ4n) is 0.500. The number of hydrogen-bond acceptors (Lipinski definition) is 3. The minimum Gasteiger partial charge on any atom is -0.479 e. The molecule has 0 saturated carbocycles. The van der Waals surface area contributed by atoms with Gasteiger partial charge in [-0.1, -0.05) is 0 Å². The van der Waals surface area contributed by atoms with Crippen LogP contribution in [-0.2, 0) is 4.79 Å². The lowest BCUT2D eigenvalue weighted by Gasteiger charge is -2.17. The summed E-state index contributed by atoms with van der Waals surface area (Å²) in [5, 5.41) is 19.5. The molecule has 0 heterocycles. The summed E-state index contributed by atoms with van der Waals surface area (Å²) in [4.78, 5) is 10.2. The Labute approximate surface area is 68.2 Å². The number of nitrogens with one attached hydrogen (secondary N) is 1. The van der Waals surface area contributed by atoms with Crippen molar-refractivity contribution in [1.29, 1.82) is 0 Å². The molecule has 0 aliphatic rings. The number of carboxylic acids is 1. The van der Waals surface area contributed by atoms with Crippen LogP contribution >= 0.6 is 0 Å². The van der Waals surface area contributed by atoms with Gasteiger partial charge in [-0.25, -0.2) is 13.6 Å². The molecule has 0 spiro atoms. The highest BCUT2D eigenvalue weighted by Gasteiger charge is 2.29. The maximum absolute atomic E-state index is 11.5. The molecule has 0 bridgehead atoms. The van der Waals surface area contributed by atoms with Crippen molar-refractivity contribution < 1.29 is 23.8 Å². The second-order valence-corrected chi connectivity index (χ2v) is 2.60. The minimum absolute atomic E-state index is 0.396. The molecule has 0 saturated heterocycles. The number of hydrogen-bond donors (Lipinski definition) is 3. The highest BCUT2D eigenvalue weighted by molar-refractivity contribution is 5.76. The first-order valence-corrected chi connectivity index (χ1v) is 3.31. The first-order valence-electron chi connectivity index (χ1n) is 3.31. The molecule has 1 atom stereocenters. The van der Waals surface area contributed by atoms with Gasteiger partial charge in [-0.15, -0.1) is 0 Å². The zero-order valence-electron chi connectivity index (χ0n) is 6.55. The molecule has 0 fully saturated rings. The van der Waals surface area contributed by atoms with E-state index in [1.807, 2.05) is 0 Å². The number of aliphatic hydroxyl groups is 1. The fraction of sp³-hybridized carbons (Fsp3) is 0.833. The Morgan fingerprint density at radius 2 is 2.17 bits per heavy atom. The Morgan fingerprint density at radius 3 is 2.50 bits per heavy atom. The summed E-state index contributed by atoms with van der Waals surface area (Å²) >= 11 is 0. The molecule has 0 aliphatic heterocycles. The van der Waals surface area contributed by atoms with Crippen LogP contribution in [0.15, 0.2) is 0 Å². The fourth-order valence-corrected chi connectivity index (χ4v) is 0.500. The molecule has 72 valence electrons. The van der Waals surface area contributed by atoms with Crippen molar-refractivity contribution in [3.63, 3.8) is 0 Å². The summed E-state index contributed by atoms with van der Waals surface area (Å²) in [6.45, 7) is 0.0178. The first-order chi connectivity index (χ1) is 5.36. The summed E-state index contributed by atoms with van der Waals surface area (Å²) in [5.74, 6) is -1.44. The number of alkyl halides is 2. The van der Waals surface area contributed by atoms with Gasteiger partial charge >= 0.3 is 5.97 Å². The van der Waals surface area contributed by atoms with Crippen LogP contribution in [0.4, 0.5) is 8.78 Å². The Kier molecular flexibility index (Phi) is 4.05. The molecule has 0 aromatic rings. The molecule has 0 aromatic carbocycles. The van der Waals surface area contributed by atoms with Gasteiger partial charge in [0, 0.05) is 6.54 Å². The zero-order chi connectivity index (χ0) is 9.78. The maximum atomic E-state index is 11.5. The largest absolute Gasteiger partial charge is 0.479 e. The molecule has 0 aromatic heterocycles. The summed E-state index contributed by atoms with van der Waals surface area (Å²) in [7, 11) is 0. The molecule has 4 nitrogen and oxygen atoms in total. The van der Waals surface area contributed by atoms with Crippen LogP contribution in [-0.4, -0.2) is 41.3 Å². The Bertz CT molecular complexity index is 161. The number of rotatable bonds is 5. The van der Waals surface area contributed by atoms with Crippen LogP contribution < -0.4 is 5.32 Å². The van der Waals surface area contributed by atoms with Gasteiger partial charge in [0.05, 0.1) is 6.54 Å². The Hall–Kier alpha value is -0.750. The lowest BCUT2D eigenvalue weighted by molar-refractivity contribution is -0.156. The molecule has 3 N–H and O–H groups in total. The van der Waals surface area contributed by atoms with Crippen LogP contribution in [0, 0.1) is 0 Å². The van der Waals surface area contributed by atoms with Crippen molar-refractivity contribution in [1.82, 2.24) is 5.32 Å². The SMILES string of the molecule is CC(O)(CNCC(F)F)C(=O)O. The third kappa shape index (κ3) is 4.20. The van der Waals surface area contributed by atoms with E-state index in [4.69, 9.17) is 10.2 Å². The molecule has 1 unspecified atom stereocenters. The topological polar surface area (TPSA) is 69.6 Å². The number of carbonyl (C=O) groups is 1. The average Bonchev–Trinajstić information content (AvgIpc) is 1.85. The Morgan fingerprint density at radius 1 is 1.67 bits per heavy atom. The third-order valence-corrected chi connectivity index (χ3v) is 1.23. The average molecular weight is 183 g/mol. The predicted octanol–water partition coefficient (Wildman–Crippen LogP) is -0.323. The lowest BCUT2D eigenvalue weighted by Crippen LogP contribution is -2.45. The van der Waals surface area contributed by atoms with Crippen LogP contribution in [0.2, 0.25) is 0 Å². The smallest absolute Gasteiger partial charge is 0.336 e. The molecule has 0 amide bonds. The second kappa shape index (κ2) is 4.32. The van der Waals surface area contributed by atoms with Gasteiger partial charge in [0.1, 0.15) is 0 Å². The van der Waals surface area contributed by atoms with Crippen LogP contribution in [0.3, 0.4) is 0 Å². The van der Waals surface area contributed by atoms with Crippen molar-refractivity contribution >= 4 is 5.97 Å². The summed E-state index contributed by atoms with van der Waals surface area (Å²) in [5.41, 5.74) is -1.99. The normalized spacial score (nSPS) is 16.1. The van der Waals surface area contributed by atoms with Crippen LogP contribution in [0.25, 0.3) is 0 Å². The van der Waals surface area contributed by atoms with E-state index < -0.39 is 31.1 Å². The highest BCUT2D eigenvalue weighted by atomic mass is 19.3. The third-order valence-electron chi connectivity index (χ3n) is 1.23. The Balaban J connectivity index is 3.69. The highest BCUT2D eigenvalue weighted by Crippen LogP contribution is 2.00. The van der Waals surface area contributed by atoms with E-state index in [0.717, 1.165) is 6.92 Å². The van der Waals surface area contributed by atoms with Crippen molar-refractivity contribution in [2.75, 3.05) is 13.1 Å². The van der Waals surface area contributed by atoms with Gasteiger partial charge in [-0.2, -0.15) is 0 Å². The van der Waals surface area contributed by atoms with Gasteiger partial charge in [0.2, 0.25) is 0 Å². The molecule has 0 radical (unpaired) electrons. The van der Waals surface area contributed by atoms with Crippen molar-refractivity contribution in [3.05, 3.63) is 0 Å². The molecule has 12 heavy (non-hydrogen) atoms. The molecular formula is C6H11F2NO3. The molecule has 6 heteroatoms. The van der Waals surface area contributed by atoms with Gasteiger partial charge in [-0.05, 0) is 6.92 Å². The maximum Gasteiger partial charge on any atom is 0.336 e. The van der Waals surface area contributed by atoms with E-state index in [1.54, 1.807) is 0 Å². The minimum atomic E-state index is -2.55. The molecular weight excluding hydrogens is 172 g/mol. The monoisotopic (exact) mass is 183 g/mol. The lowest BCUT2D eigenvalue weighted by atomic mass is 10.1. The van der Waals surface area contributed by atoms with E-state index in [1.165, 1.54) is 0 Å². The van der Waals surface area contributed by atoms with Crippen molar-refractivity contribution in [3.8, 4) is 0 Å². The summed E-state index contributed by atoms with van der Waals surface area (Å²) in [6, 6.07) is 0. The van der Waals surface area contributed by atoms with E-state index in [9.17, 15) is 13.6 Å². The molecule has 0 rings (SSSR count). The van der Waals surface area contributed by atoms with Crippen LogP contribution in [0.5, 0.6) is 0 Å². The summed E-state index contributed by atoms with van der Waals surface area (Å²) in [6.07, 6.45) is -2.55. The van der Waals surface area contributed by atoms with Crippen molar-refractivity contribution in [2.24, 2.45) is 0 Å². The van der Waals surface area contributed by atoms with E-state index in [-0.39, 0.29) is 0 Å². The first kappa shape index (κ1) is 11.2. The summed E-state index contributed by atoms with van der Waals surface area (Å²) < 4.78 is 23.0. The van der Waals surface area contributed by atoms with E-state index >= 15 is 0 Å². The van der Waals surface area contributed by atoms with Crippen molar-refractivity contribution in [2.45, 2.75) is 19.0 Å². The van der Waals surface area contributed by atoms with Gasteiger partial charge in [0.15, 0.2) is 5.60 Å². The van der Waals surface area contributed by atoms with Gasteiger partial charge < -0.3 is 15.5 Å². The quantitative estimate of drug-likeness (QED) is 0.546.